The number of hydrogen-bond acceptors (Lipinski definition) is 6. The van der Waals surface area contributed by atoms with Gasteiger partial charge >= 0.3 is 0 Å². The smallest absolute Gasteiger partial charge is 0.259 e. The Bertz CT molecular complexity index is 997. The highest BCUT2D eigenvalue weighted by atomic mass is 35.5. The monoisotopic (exact) mass is 472 g/mol. The minimum atomic E-state index is -0.189. The summed E-state index contributed by atoms with van der Waals surface area (Å²) in [4.78, 5) is 24.9. The van der Waals surface area contributed by atoms with E-state index in [-0.39, 0.29) is 11.8 Å². The Kier molecular flexibility index (Phi) is 6.32. The van der Waals surface area contributed by atoms with Gasteiger partial charge in [0.15, 0.2) is 0 Å². The summed E-state index contributed by atoms with van der Waals surface area (Å²) in [6.07, 6.45) is 12.3. The number of halogens is 1. The van der Waals surface area contributed by atoms with Gasteiger partial charge in [-0.2, -0.15) is 0 Å². The number of nitrogens with zero attached hydrogens (tertiary/aromatic N) is 3. The predicted molar refractivity (Wildman–Crippen MR) is 129 cm³/mol. The average Bonchev–Trinajstić information content (AvgIpc) is 3.58. The number of rotatable bonds is 5. The molecule has 1 amide bonds. The van der Waals surface area contributed by atoms with E-state index in [1.165, 1.54) is 25.7 Å². The molecule has 1 aliphatic carbocycles. The first kappa shape index (κ1) is 22.0. The molecule has 6 nitrogen and oxygen atoms in total. The van der Waals surface area contributed by atoms with Crippen molar-refractivity contribution >= 4 is 40.6 Å². The number of thioether (sulfide) groups is 1. The minimum absolute atomic E-state index is 0.189. The van der Waals surface area contributed by atoms with E-state index in [2.05, 4.69) is 15.2 Å². The van der Waals surface area contributed by atoms with Crippen LogP contribution in [0.2, 0.25) is 5.02 Å². The van der Waals surface area contributed by atoms with Gasteiger partial charge in [0.05, 0.1) is 33.2 Å². The third-order valence-corrected chi connectivity index (χ3v) is 8.21. The summed E-state index contributed by atoms with van der Waals surface area (Å²) in [5, 5.41) is 4.40. The van der Waals surface area contributed by atoms with Crippen LogP contribution >= 0.6 is 23.4 Å². The standard InChI is InChI=1S/C24H29ClN4O2S/c1-32-19-14-17(2-9-26-19)28-23(30)20-18(29-10-7-24(5-6-24)8-11-29)15-27-22(21(20)25)16-3-12-31-13-4-16/h2,9,14-16H,3-8,10-13H2,1H3,(H,26,28,30). The topological polar surface area (TPSA) is 67.4 Å². The quantitative estimate of drug-likeness (QED) is 0.589. The molecule has 2 aliphatic heterocycles. The van der Waals surface area contributed by atoms with Gasteiger partial charge < -0.3 is 15.0 Å². The first-order valence-electron chi connectivity index (χ1n) is 11.4. The Labute approximate surface area is 198 Å². The Morgan fingerprint density at radius 1 is 1.22 bits per heavy atom. The molecule has 0 atom stereocenters. The number of amides is 1. The van der Waals surface area contributed by atoms with Crippen molar-refractivity contribution in [2.45, 2.75) is 49.5 Å². The SMILES string of the molecule is CSc1cc(NC(=O)c2c(N3CCC4(CC3)CC4)cnc(C3CCOCC3)c2Cl)ccn1. The summed E-state index contributed by atoms with van der Waals surface area (Å²) >= 11 is 8.49. The lowest BCUT2D eigenvalue weighted by Crippen LogP contribution is -2.36. The summed E-state index contributed by atoms with van der Waals surface area (Å²) in [5.74, 6) is 0.0302. The molecule has 1 spiro atoms. The number of hydrogen-bond donors (Lipinski definition) is 1. The fourth-order valence-electron chi connectivity index (χ4n) is 4.89. The minimum Gasteiger partial charge on any atom is -0.381 e. The maximum absolute atomic E-state index is 13.6. The molecule has 5 rings (SSSR count). The third-order valence-electron chi connectivity index (χ3n) is 7.19. The van der Waals surface area contributed by atoms with Gasteiger partial charge in [0.25, 0.3) is 5.91 Å². The zero-order valence-electron chi connectivity index (χ0n) is 18.4. The Hall–Kier alpha value is -1.83. The molecule has 2 aromatic rings. The van der Waals surface area contributed by atoms with Crippen molar-refractivity contribution in [3.05, 3.63) is 40.8 Å². The van der Waals surface area contributed by atoms with Crippen LogP contribution in [-0.4, -0.2) is 48.4 Å². The number of carbonyl (C=O) groups excluding carboxylic acids is 1. The molecule has 170 valence electrons. The Morgan fingerprint density at radius 2 is 1.97 bits per heavy atom. The van der Waals surface area contributed by atoms with Crippen molar-refractivity contribution in [1.82, 2.24) is 9.97 Å². The molecule has 8 heteroatoms. The maximum Gasteiger partial charge on any atom is 0.259 e. The van der Waals surface area contributed by atoms with E-state index in [0.717, 1.165) is 48.0 Å². The van der Waals surface area contributed by atoms with Crippen molar-refractivity contribution in [3.8, 4) is 0 Å². The van der Waals surface area contributed by atoms with Crippen LogP contribution in [0.4, 0.5) is 11.4 Å². The molecule has 0 radical (unpaired) electrons. The number of nitrogens with one attached hydrogen (secondary N) is 1. The highest BCUT2D eigenvalue weighted by Crippen LogP contribution is 2.54. The lowest BCUT2D eigenvalue weighted by atomic mass is 9.92. The molecule has 1 saturated carbocycles. The van der Waals surface area contributed by atoms with Gasteiger partial charge in [-0.25, -0.2) is 4.98 Å². The number of ether oxygens (including phenoxy) is 1. The molecule has 3 aliphatic rings. The lowest BCUT2D eigenvalue weighted by Gasteiger charge is -2.35. The van der Waals surface area contributed by atoms with Gasteiger partial charge in [-0.05, 0) is 62.3 Å². The van der Waals surface area contributed by atoms with Crippen LogP contribution in [0, 0.1) is 5.41 Å². The third kappa shape index (κ3) is 4.47. The van der Waals surface area contributed by atoms with Crippen molar-refractivity contribution in [3.63, 3.8) is 0 Å². The molecule has 2 saturated heterocycles. The molecule has 1 N–H and O–H groups in total. The second-order valence-corrected chi connectivity index (χ2v) is 10.3. The number of anilines is 2. The van der Waals surface area contributed by atoms with Gasteiger partial charge in [-0.15, -0.1) is 11.8 Å². The zero-order valence-corrected chi connectivity index (χ0v) is 20.0. The van der Waals surface area contributed by atoms with Crippen molar-refractivity contribution in [2.75, 3.05) is 42.8 Å². The summed E-state index contributed by atoms with van der Waals surface area (Å²) < 4.78 is 5.52. The number of carbonyl (C=O) groups is 1. The molecule has 2 aromatic heterocycles. The van der Waals surface area contributed by atoms with Crippen LogP contribution in [-0.2, 0) is 4.74 Å². The van der Waals surface area contributed by atoms with E-state index >= 15 is 0 Å². The summed E-state index contributed by atoms with van der Waals surface area (Å²) in [6.45, 7) is 3.30. The van der Waals surface area contributed by atoms with E-state index in [4.69, 9.17) is 21.3 Å². The molecule has 0 unspecified atom stereocenters. The van der Waals surface area contributed by atoms with E-state index in [9.17, 15) is 4.79 Å². The van der Waals surface area contributed by atoms with Gasteiger partial charge in [0.2, 0.25) is 0 Å². The van der Waals surface area contributed by atoms with E-state index < -0.39 is 0 Å². The van der Waals surface area contributed by atoms with Crippen LogP contribution in [0.15, 0.2) is 29.6 Å². The Balaban J connectivity index is 1.48. The summed E-state index contributed by atoms with van der Waals surface area (Å²) in [6, 6.07) is 3.69. The van der Waals surface area contributed by atoms with Crippen LogP contribution in [0.5, 0.6) is 0 Å². The van der Waals surface area contributed by atoms with Gasteiger partial charge in [0, 0.05) is 44.1 Å². The number of aromatic nitrogens is 2. The average molecular weight is 473 g/mol. The molecule has 3 fully saturated rings. The van der Waals surface area contributed by atoms with Crippen molar-refractivity contribution in [2.24, 2.45) is 5.41 Å². The number of piperidine rings is 1. The fourth-order valence-corrected chi connectivity index (χ4v) is 5.69. The van der Waals surface area contributed by atoms with Gasteiger partial charge in [0.1, 0.15) is 0 Å². The van der Waals surface area contributed by atoms with Gasteiger partial charge in [-0.1, -0.05) is 11.6 Å². The van der Waals surface area contributed by atoms with Crippen molar-refractivity contribution in [1.29, 1.82) is 0 Å². The van der Waals surface area contributed by atoms with Crippen LogP contribution in [0.1, 0.15) is 60.5 Å². The van der Waals surface area contributed by atoms with E-state index in [1.807, 2.05) is 24.6 Å². The second-order valence-electron chi connectivity index (χ2n) is 9.13. The fraction of sp³-hybridized carbons (Fsp3) is 0.542. The summed E-state index contributed by atoms with van der Waals surface area (Å²) in [5.41, 5.74) is 3.48. The highest BCUT2D eigenvalue weighted by molar-refractivity contribution is 7.98. The predicted octanol–water partition coefficient (Wildman–Crippen LogP) is 5.38. The summed E-state index contributed by atoms with van der Waals surface area (Å²) in [7, 11) is 0. The first-order chi connectivity index (χ1) is 15.6. The Morgan fingerprint density at radius 3 is 2.66 bits per heavy atom. The largest absolute Gasteiger partial charge is 0.381 e. The second kappa shape index (κ2) is 9.20. The van der Waals surface area contributed by atoms with E-state index in [1.54, 1.807) is 18.0 Å². The molecule has 0 bridgehead atoms. The van der Waals surface area contributed by atoms with Crippen LogP contribution in [0.3, 0.4) is 0 Å². The van der Waals surface area contributed by atoms with E-state index in [0.29, 0.717) is 29.2 Å². The van der Waals surface area contributed by atoms with Crippen LogP contribution < -0.4 is 10.2 Å². The molecular weight excluding hydrogens is 444 g/mol. The van der Waals surface area contributed by atoms with Crippen LogP contribution in [0.25, 0.3) is 0 Å². The molecule has 4 heterocycles. The van der Waals surface area contributed by atoms with Gasteiger partial charge in [-0.3, -0.25) is 9.78 Å². The molecule has 32 heavy (non-hydrogen) atoms. The molecular formula is C24H29ClN4O2S. The zero-order chi connectivity index (χ0) is 22.1. The van der Waals surface area contributed by atoms with Crippen molar-refractivity contribution < 1.29 is 9.53 Å². The number of pyridine rings is 2. The first-order valence-corrected chi connectivity index (χ1v) is 13.0. The highest BCUT2D eigenvalue weighted by Gasteiger charge is 2.45. The lowest BCUT2D eigenvalue weighted by molar-refractivity contribution is 0.0845. The maximum atomic E-state index is 13.6. The molecule has 0 aromatic carbocycles. The normalized spacial score (nSPS) is 20.4.